The number of ether oxygens (including phenoxy) is 1. The third-order valence-corrected chi connectivity index (χ3v) is 1.74. The Balaban J connectivity index is 2.35. The quantitative estimate of drug-likeness (QED) is 0.685. The van der Waals surface area contributed by atoms with Gasteiger partial charge in [0.05, 0.1) is 12.6 Å². The van der Waals surface area contributed by atoms with E-state index in [-0.39, 0.29) is 6.10 Å². The van der Waals surface area contributed by atoms with Gasteiger partial charge in [-0.25, -0.2) is 0 Å². The Morgan fingerprint density at radius 3 is 2.93 bits per heavy atom. The van der Waals surface area contributed by atoms with E-state index in [9.17, 15) is 0 Å². The monoisotopic (exact) mass is 200 g/mol. The Labute approximate surface area is 83.0 Å². The van der Waals surface area contributed by atoms with Gasteiger partial charge in [0, 0.05) is 13.7 Å². The largest absolute Gasteiger partial charge is 0.407 e. The van der Waals surface area contributed by atoms with E-state index < -0.39 is 0 Å². The molecule has 1 unspecified atom stereocenters. The van der Waals surface area contributed by atoms with E-state index in [0.29, 0.717) is 25.0 Å². The predicted octanol–water partition coefficient (Wildman–Crippen LogP) is 0.236. The van der Waals surface area contributed by atoms with Crippen molar-refractivity contribution >= 4 is 6.01 Å². The molecule has 0 saturated carbocycles. The summed E-state index contributed by atoms with van der Waals surface area (Å²) < 4.78 is 10.3. The fraction of sp³-hybridized carbons (Fsp3) is 0.750. The van der Waals surface area contributed by atoms with Crippen LogP contribution in [-0.4, -0.2) is 37.0 Å². The number of anilines is 1. The number of nitrogens with zero attached hydrogens (tertiary/aromatic N) is 2. The Morgan fingerprint density at radius 2 is 2.29 bits per heavy atom. The van der Waals surface area contributed by atoms with Gasteiger partial charge in [0.2, 0.25) is 5.89 Å². The van der Waals surface area contributed by atoms with E-state index in [1.807, 2.05) is 14.0 Å². The van der Waals surface area contributed by atoms with E-state index in [4.69, 9.17) is 9.15 Å². The van der Waals surface area contributed by atoms with Crippen molar-refractivity contribution in [1.29, 1.82) is 0 Å². The summed E-state index contributed by atoms with van der Waals surface area (Å²) in [6.45, 7) is 3.18. The molecule has 0 saturated heterocycles. The Morgan fingerprint density at radius 1 is 1.50 bits per heavy atom. The molecule has 1 aromatic heterocycles. The molecule has 0 spiro atoms. The molecule has 2 N–H and O–H groups in total. The lowest BCUT2D eigenvalue weighted by molar-refractivity contribution is 0.128. The molecule has 80 valence electrons. The molecular formula is C8H16N4O2. The molecule has 6 heteroatoms. The summed E-state index contributed by atoms with van der Waals surface area (Å²) in [5.74, 6) is 0.570. The standard InChI is InChI=1S/C8H16N4O2/c1-6(13-3)4-10-8-12-11-7(14-8)5-9-2/h6,9H,4-5H2,1-3H3,(H,10,12). The van der Waals surface area contributed by atoms with Crippen molar-refractivity contribution in [3.05, 3.63) is 5.89 Å². The minimum absolute atomic E-state index is 0.120. The molecular weight excluding hydrogens is 184 g/mol. The second kappa shape index (κ2) is 5.56. The molecule has 0 amide bonds. The SMILES string of the molecule is CNCc1nnc(NCC(C)OC)o1. The predicted molar refractivity (Wildman–Crippen MR) is 52.0 cm³/mol. The number of aromatic nitrogens is 2. The van der Waals surface area contributed by atoms with Crippen molar-refractivity contribution in [2.45, 2.75) is 19.6 Å². The van der Waals surface area contributed by atoms with Crippen LogP contribution in [0.3, 0.4) is 0 Å². The highest BCUT2D eigenvalue weighted by Gasteiger charge is 2.05. The van der Waals surface area contributed by atoms with Crippen LogP contribution in [0.1, 0.15) is 12.8 Å². The molecule has 1 aromatic rings. The molecule has 0 aliphatic heterocycles. The molecule has 0 bridgehead atoms. The van der Waals surface area contributed by atoms with Crippen LogP contribution in [0.5, 0.6) is 0 Å². The summed E-state index contributed by atoms with van der Waals surface area (Å²) in [5.41, 5.74) is 0. The highest BCUT2D eigenvalue weighted by molar-refractivity contribution is 5.16. The normalized spacial score (nSPS) is 12.8. The van der Waals surface area contributed by atoms with E-state index in [1.54, 1.807) is 7.11 Å². The summed E-state index contributed by atoms with van der Waals surface area (Å²) in [7, 11) is 3.48. The molecule has 6 nitrogen and oxygen atoms in total. The van der Waals surface area contributed by atoms with Crippen molar-refractivity contribution in [3.8, 4) is 0 Å². The zero-order chi connectivity index (χ0) is 10.4. The number of methoxy groups -OCH3 is 1. The molecule has 1 heterocycles. The van der Waals surface area contributed by atoms with Crippen LogP contribution in [0, 0.1) is 0 Å². The van der Waals surface area contributed by atoms with Gasteiger partial charge in [-0.3, -0.25) is 0 Å². The fourth-order valence-corrected chi connectivity index (χ4v) is 0.862. The first-order valence-corrected chi connectivity index (χ1v) is 4.50. The summed E-state index contributed by atoms with van der Waals surface area (Å²) in [5, 5.41) is 13.6. The fourth-order valence-electron chi connectivity index (χ4n) is 0.862. The van der Waals surface area contributed by atoms with Gasteiger partial charge in [-0.2, -0.15) is 0 Å². The average Bonchev–Trinajstić information content (AvgIpc) is 2.63. The zero-order valence-corrected chi connectivity index (χ0v) is 8.70. The van der Waals surface area contributed by atoms with Crippen molar-refractivity contribution < 1.29 is 9.15 Å². The van der Waals surface area contributed by atoms with Gasteiger partial charge >= 0.3 is 6.01 Å². The molecule has 0 radical (unpaired) electrons. The van der Waals surface area contributed by atoms with Gasteiger partial charge in [0.25, 0.3) is 0 Å². The van der Waals surface area contributed by atoms with Crippen LogP contribution in [0.4, 0.5) is 6.01 Å². The van der Waals surface area contributed by atoms with E-state index in [2.05, 4.69) is 20.8 Å². The second-order valence-electron chi connectivity index (χ2n) is 2.96. The van der Waals surface area contributed by atoms with Gasteiger partial charge in [0.1, 0.15) is 0 Å². The maximum atomic E-state index is 5.27. The summed E-state index contributed by atoms with van der Waals surface area (Å²) in [4.78, 5) is 0. The zero-order valence-electron chi connectivity index (χ0n) is 8.70. The minimum Gasteiger partial charge on any atom is -0.407 e. The highest BCUT2D eigenvalue weighted by atomic mass is 16.5. The van der Waals surface area contributed by atoms with Crippen molar-refractivity contribution in [3.63, 3.8) is 0 Å². The third kappa shape index (κ3) is 3.31. The Kier molecular flexibility index (Phi) is 4.34. The second-order valence-corrected chi connectivity index (χ2v) is 2.96. The molecule has 0 fully saturated rings. The first kappa shape index (κ1) is 10.9. The third-order valence-electron chi connectivity index (χ3n) is 1.74. The topological polar surface area (TPSA) is 72.2 Å². The number of hydrogen-bond donors (Lipinski definition) is 2. The van der Waals surface area contributed by atoms with Crippen LogP contribution < -0.4 is 10.6 Å². The Bertz CT molecular complexity index is 264. The van der Waals surface area contributed by atoms with Gasteiger partial charge in [-0.05, 0) is 14.0 Å². The molecule has 1 rings (SSSR count). The lowest BCUT2D eigenvalue weighted by Crippen LogP contribution is -2.18. The maximum absolute atomic E-state index is 5.27. The highest BCUT2D eigenvalue weighted by Crippen LogP contribution is 2.04. The lowest BCUT2D eigenvalue weighted by atomic mass is 10.4. The van der Waals surface area contributed by atoms with Gasteiger partial charge < -0.3 is 19.8 Å². The number of rotatable bonds is 6. The van der Waals surface area contributed by atoms with E-state index >= 15 is 0 Å². The maximum Gasteiger partial charge on any atom is 0.315 e. The molecule has 14 heavy (non-hydrogen) atoms. The van der Waals surface area contributed by atoms with Crippen LogP contribution in [0.15, 0.2) is 4.42 Å². The van der Waals surface area contributed by atoms with E-state index in [1.165, 1.54) is 0 Å². The van der Waals surface area contributed by atoms with Crippen LogP contribution >= 0.6 is 0 Å². The first-order chi connectivity index (χ1) is 6.76. The summed E-state index contributed by atoms with van der Waals surface area (Å²) in [6.07, 6.45) is 0.120. The molecule has 1 atom stereocenters. The van der Waals surface area contributed by atoms with Crippen LogP contribution in [0.2, 0.25) is 0 Å². The Hall–Kier alpha value is -1.14. The van der Waals surface area contributed by atoms with Crippen LogP contribution in [-0.2, 0) is 11.3 Å². The van der Waals surface area contributed by atoms with Gasteiger partial charge in [0.15, 0.2) is 0 Å². The summed E-state index contributed by atoms with van der Waals surface area (Å²) in [6, 6.07) is 0.430. The van der Waals surface area contributed by atoms with Gasteiger partial charge in [-0.15, -0.1) is 5.10 Å². The molecule has 0 aromatic carbocycles. The summed E-state index contributed by atoms with van der Waals surface area (Å²) >= 11 is 0. The number of hydrogen-bond acceptors (Lipinski definition) is 6. The lowest BCUT2D eigenvalue weighted by Gasteiger charge is -2.07. The van der Waals surface area contributed by atoms with Crippen LogP contribution in [0.25, 0.3) is 0 Å². The van der Waals surface area contributed by atoms with Gasteiger partial charge in [-0.1, -0.05) is 5.10 Å². The van der Waals surface area contributed by atoms with Crippen molar-refractivity contribution in [2.24, 2.45) is 0 Å². The van der Waals surface area contributed by atoms with Crippen molar-refractivity contribution in [2.75, 3.05) is 26.0 Å². The smallest absolute Gasteiger partial charge is 0.315 e. The average molecular weight is 200 g/mol. The van der Waals surface area contributed by atoms with E-state index in [0.717, 1.165) is 0 Å². The minimum atomic E-state index is 0.120. The number of nitrogens with one attached hydrogen (secondary N) is 2. The molecule has 0 aliphatic rings. The first-order valence-electron chi connectivity index (χ1n) is 4.50. The molecule has 0 aliphatic carbocycles. The van der Waals surface area contributed by atoms with Crippen molar-refractivity contribution in [1.82, 2.24) is 15.5 Å².